The summed E-state index contributed by atoms with van der Waals surface area (Å²) in [6.07, 6.45) is 0. The largest absolute Gasteiger partial charge is 0.245 e. The molecule has 48 valence electrons. The second kappa shape index (κ2) is 3.22. The lowest BCUT2D eigenvalue weighted by Crippen LogP contribution is -1.82. The fraction of sp³-hybridized carbons (Fsp3) is 0.167. The maximum absolute atomic E-state index is 4.13. The van der Waals surface area contributed by atoms with Gasteiger partial charge in [-0.3, -0.25) is 0 Å². The molecule has 1 aromatic heterocycles. The second-order valence-corrected chi connectivity index (χ2v) is 2.74. The third-order valence-corrected chi connectivity index (χ3v) is 1.70. The van der Waals surface area contributed by atoms with Gasteiger partial charge in [-0.25, -0.2) is 4.98 Å². The first kappa shape index (κ1) is 7.09. The van der Waals surface area contributed by atoms with Gasteiger partial charge in [-0.2, -0.15) is 12.6 Å². The Morgan fingerprint density at radius 1 is 1.56 bits per heavy atom. The highest BCUT2D eigenvalue weighted by atomic mass is 79.9. The highest BCUT2D eigenvalue weighted by molar-refractivity contribution is 9.10. The van der Waals surface area contributed by atoms with Crippen molar-refractivity contribution in [2.75, 3.05) is 0 Å². The van der Waals surface area contributed by atoms with Gasteiger partial charge < -0.3 is 0 Å². The van der Waals surface area contributed by atoms with Crippen LogP contribution < -0.4 is 0 Å². The third kappa shape index (κ3) is 1.99. The summed E-state index contributed by atoms with van der Waals surface area (Å²) in [5, 5.41) is 0. The summed E-state index contributed by atoms with van der Waals surface area (Å²) in [5.41, 5.74) is 0.993. The van der Waals surface area contributed by atoms with Crippen LogP contribution in [-0.4, -0.2) is 4.98 Å². The number of pyridine rings is 1. The second-order valence-electron chi connectivity index (χ2n) is 1.61. The van der Waals surface area contributed by atoms with Gasteiger partial charge in [0.1, 0.15) is 4.60 Å². The van der Waals surface area contributed by atoms with Crippen molar-refractivity contribution in [1.82, 2.24) is 4.98 Å². The van der Waals surface area contributed by atoms with Crippen LogP contribution in [0, 0.1) is 0 Å². The summed E-state index contributed by atoms with van der Waals surface area (Å²) in [6, 6.07) is 5.79. The Morgan fingerprint density at radius 2 is 2.33 bits per heavy atom. The van der Waals surface area contributed by atoms with Gasteiger partial charge in [-0.15, -0.1) is 0 Å². The summed E-state index contributed by atoms with van der Waals surface area (Å²) < 4.78 is 0.869. The molecular weight excluding hydrogens is 198 g/mol. The lowest BCUT2D eigenvalue weighted by Gasteiger charge is -1.92. The van der Waals surface area contributed by atoms with Crippen molar-refractivity contribution >= 4 is 28.6 Å². The molecule has 0 saturated carbocycles. The highest BCUT2D eigenvalue weighted by Crippen LogP contribution is 2.07. The predicted octanol–water partition coefficient (Wildman–Crippen LogP) is 2.27. The molecule has 1 nitrogen and oxygen atoms in total. The first-order chi connectivity index (χ1) is 4.33. The lowest BCUT2D eigenvalue weighted by molar-refractivity contribution is 1.15. The molecule has 0 saturated heterocycles. The maximum atomic E-state index is 4.13. The van der Waals surface area contributed by atoms with Gasteiger partial charge in [0.15, 0.2) is 0 Å². The van der Waals surface area contributed by atoms with Crippen LogP contribution in [-0.2, 0) is 5.75 Å². The lowest BCUT2D eigenvalue weighted by atomic mass is 10.4. The normalized spacial score (nSPS) is 9.56. The molecule has 0 aromatic carbocycles. The molecule has 1 rings (SSSR count). The van der Waals surface area contributed by atoms with Crippen molar-refractivity contribution in [2.45, 2.75) is 5.75 Å². The molecule has 0 atom stereocenters. The third-order valence-electron chi connectivity index (χ3n) is 0.935. The van der Waals surface area contributed by atoms with E-state index in [1.165, 1.54) is 0 Å². The number of hydrogen-bond acceptors (Lipinski definition) is 2. The van der Waals surface area contributed by atoms with Gasteiger partial charge in [0.05, 0.1) is 5.69 Å². The molecule has 0 aliphatic carbocycles. The van der Waals surface area contributed by atoms with E-state index >= 15 is 0 Å². The Kier molecular flexibility index (Phi) is 2.54. The highest BCUT2D eigenvalue weighted by Gasteiger charge is 1.89. The van der Waals surface area contributed by atoms with E-state index in [2.05, 4.69) is 33.5 Å². The number of rotatable bonds is 1. The van der Waals surface area contributed by atoms with Crippen molar-refractivity contribution in [1.29, 1.82) is 0 Å². The molecule has 1 heterocycles. The van der Waals surface area contributed by atoms with Crippen LogP contribution in [0.25, 0.3) is 0 Å². The first-order valence-corrected chi connectivity index (χ1v) is 3.98. The molecule has 0 amide bonds. The van der Waals surface area contributed by atoms with Crippen LogP contribution in [0.4, 0.5) is 0 Å². The van der Waals surface area contributed by atoms with Gasteiger partial charge in [0, 0.05) is 5.75 Å². The van der Waals surface area contributed by atoms with Gasteiger partial charge in [-0.1, -0.05) is 6.07 Å². The van der Waals surface area contributed by atoms with Crippen LogP contribution in [0.5, 0.6) is 0 Å². The Hall–Kier alpha value is -0.0200. The zero-order valence-corrected chi connectivity index (χ0v) is 7.19. The van der Waals surface area contributed by atoms with Crippen LogP contribution in [0.2, 0.25) is 0 Å². The fourth-order valence-electron chi connectivity index (χ4n) is 0.538. The van der Waals surface area contributed by atoms with Crippen LogP contribution in [0.1, 0.15) is 5.69 Å². The summed E-state index contributed by atoms with van der Waals surface area (Å²) in [7, 11) is 0. The molecule has 9 heavy (non-hydrogen) atoms. The fourth-order valence-corrected chi connectivity index (χ4v) is 1.09. The van der Waals surface area contributed by atoms with Crippen molar-refractivity contribution in [3.8, 4) is 0 Å². The van der Waals surface area contributed by atoms with Crippen molar-refractivity contribution in [3.05, 3.63) is 28.5 Å². The Bertz CT molecular complexity index is 202. The minimum absolute atomic E-state index is 0.694. The molecule has 3 heteroatoms. The number of halogens is 1. The molecule has 1 aromatic rings. The van der Waals surface area contributed by atoms with Crippen molar-refractivity contribution in [2.24, 2.45) is 0 Å². The van der Waals surface area contributed by atoms with E-state index < -0.39 is 0 Å². The molecule has 0 radical (unpaired) electrons. The topological polar surface area (TPSA) is 12.9 Å². The minimum Gasteiger partial charge on any atom is -0.245 e. The van der Waals surface area contributed by atoms with Crippen molar-refractivity contribution in [3.63, 3.8) is 0 Å². The van der Waals surface area contributed by atoms with E-state index in [9.17, 15) is 0 Å². The summed E-state index contributed by atoms with van der Waals surface area (Å²) in [4.78, 5) is 4.13. The number of thiol groups is 1. The van der Waals surface area contributed by atoms with Crippen LogP contribution >= 0.6 is 28.6 Å². The molecule has 0 bridgehead atoms. The van der Waals surface area contributed by atoms with Gasteiger partial charge in [0.25, 0.3) is 0 Å². The monoisotopic (exact) mass is 203 g/mol. The number of hydrogen-bond donors (Lipinski definition) is 1. The molecule has 0 aliphatic heterocycles. The average molecular weight is 204 g/mol. The molecule has 0 unspecified atom stereocenters. The summed E-state index contributed by atoms with van der Waals surface area (Å²) >= 11 is 7.33. The molecule has 0 fully saturated rings. The smallest absolute Gasteiger partial charge is 0.106 e. The Balaban J connectivity index is 2.94. The van der Waals surface area contributed by atoms with Crippen LogP contribution in [0.3, 0.4) is 0 Å². The van der Waals surface area contributed by atoms with E-state index in [4.69, 9.17) is 0 Å². The predicted molar refractivity (Wildman–Crippen MR) is 44.6 cm³/mol. The number of aromatic nitrogens is 1. The summed E-state index contributed by atoms with van der Waals surface area (Å²) in [5.74, 6) is 0.694. The number of nitrogens with zero attached hydrogens (tertiary/aromatic N) is 1. The molecule has 0 aliphatic rings. The zero-order chi connectivity index (χ0) is 6.69. The van der Waals surface area contributed by atoms with E-state index in [0.29, 0.717) is 5.75 Å². The maximum Gasteiger partial charge on any atom is 0.106 e. The average Bonchev–Trinajstić information content (AvgIpc) is 1.88. The first-order valence-electron chi connectivity index (χ1n) is 2.55. The van der Waals surface area contributed by atoms with Gasteiger partial charge in [-0.05, 0) is 28.1 Å². The van der Waals surface area contributed by atoms with E-state index in [-0.39, 0.29) is 0 Å². The Labute approximate surface area is 68.0 Å². The molecule has 0 N–H and O–H groups in total. The standard InChI is InChI=1S/C6H6BrNS/c7-6-3-1-2-5(4-9)8-6/h1-3,9H,4H2. The van der Waals surface area contributed by atoms with E-state index in [1.807, 2.05) is 18.2 Å². The van der Waals surface area contributed by atoms with Gasteiger partial charge >= 0.3 is 0 Å². The summed E-state index contributed by atoms with van der Waals surface area (Å²) in [6.45, 7) is 0. The zero-order valence-electron chi connectivity index (χ0n) is 4.71. The SMILES string of the molecule is SCc1cccc(Br)n1. The van der Waals surface area contributed by atoms with Gasteiger partial charge in [0.2, 0.25) is 0 Å². The van der Waals surface area contributed by atoms with Crippen molar-refractivity contribution < 1.29 is 0 Å². The molecular formula is C6H6BrNS. The molecule has 0 spiro atoms. The minimum atomic E-state index is 0.694. The quantitative estimate of drug-likeness (QED) is 0.546. The van der Waals surface area contributed by atoms with Crippen LogP contribution in [0.15, 0.2) is 22.8 Å². The van der Waals surface area contributed by atoms with E-state index in [0.717, 1.165) is 10.3 Å². The van der Waals surface area contributed by atoms with E-state index in [1.54, 1.807) is 0 Å². The Morgan fingerprint density at radius 3 is 2.78 bits per heavy atom.